The molecular formula is C20H16F4N4O. The highest BCUT2D eigenvalue weighted by Gasteiger charge is 2.32. The van der Waals surface area contributed by atoms with Crippen LogP contribution in [0.2, 0.25) is 0 Å². The molecule has 0 saturated heterocycles. The van der Waals surface area contributed by atoms with Crippen LogP contribution in [0.4, 0.5) is 17.6 Å². The number of pyridine rings is 1. The number of nitrogens with two attached hydrogens (primary N) is 1. The van der Waals surface area contributed by atoms with Crippen LogP contribution in [-0.2, 0) is 12.6 Å². The van der Waals surface area contributed by atoms with Gasteiger partial charge in [0.25, 0.3) is 5.91 Å². The first-order valence-corrected chi connectivity index (χ1v) is 8.92. The maximum absolute atomic E-state index is 13.6. The van der Waals surface area contributed by atoms with Gasteiger partial charge in [0.05, 0.1) is 22.5 Å². The quantitative estimate of drug-likeness (QED) is 0.654. The summed E-state index contributed by atoms with van der Waals surface area (Å²) < 4.78 is 53.9. The van der Waals surface area contributed by atoms with Crippen LogP contribution in [0.15, 0.2) is 42.7 Å². The molecule has 0 aliphatic heterocycles. The molecule has 0 unspecified atom stereocenters. The molecule has 5 nitrogen and oxygen atoms in total. The number of primary amides is 1. The fourth-order valence-electron chi connectivity index (χ4n) is 3.20. The Labute approximate surface area is 163 Å². The third-order valence-corrected chi connectivity index (χ3v) is 4.71. The van der Waals surface area contributed by atoms with Crippen LogP contribution in [0.25, 0.3) is 5.69 Å². The predicted octanol–water partition coefficient (Wildman–Crippen LogP) is 3.99. The van der Waals surface area contributed by atoms with Gasteiger partial charge in [0.2, 0.25) is 0 Å². The van der Waals surface area contributed by atoms with Gasteiger partial charge in [0.15, 0.2) is 0 Å². The van der Waals surface area contributed by atoms with Gasteiger partial charge in [-0.25, -0.2) is 9.07 Å². The zero-order valence-corrected chi connectivity index (χ0v) is 15.1. The van der Waals surface area contributed by atoms with Crippen LogP contribution in [0.5, 0.6) is 0 Å². The molecule has 0 atom stereocenters. The van der Waals surface area contributed by atoms with E-state index in [1.54, 1.807) is 18.3 Å². The molecule has 1 aliphatic carbocycles. The summed E-state index contributed by atoms with van der Waals surface area (Å²) in [7, 11) is 0. The van der Waals surface area contributed by atoms with Crippen molar-refractivity contribution in [2.75, 3.05) is 0 Å². The van der Waals surface area contributed by atoms with Gasteiger partial charge in [0.1, 0.15) is 5.82 Å². The van der Waals surface area contributed by atoms with Crippen molar-refractivity contribution in [3.05, 3.63) is 76.6 Å². The Bertz CT molecular complexity index is 1090. The van der Waals surface area contributed by atoms with Crippen molar-refractivity contribution in [3.63, 3.8) is 0 Å². The molecule has 1 aromatic carbocycles. The molecule has 0 spiro atoms. The minimum atomic E-state index is -4.63. The number of rotatable bonds is 5. The van der Waals surface area contributed by atoms with Gasteiger partial charge in [-0.3, -0.25) is 9.78 Å². The van der Waals surface area contributed by atoms with Crippen LogP contribution in [0.1, 0.15) is 51.6 Å². The molecule has 150 valence electrons. The van der Waals surface area contributed by atoms with Crippen molar-refractivity contribution in [1.82, 2.24) is 14.8 Å². The Morgan fingerprint density at radius 2 is 1.97 bits per heavy atom. The highest BCUT2D eigenvalue weighted by molar-refractivity contribution is 5.94. The molecule has 2 N–H and O–H groups in total. The SMILES string of the molecule is NC(=O)c1cn(-c2ccnc(Cc3cc(F)cc(C(F)(F)F)c3)c2)nc1C1CC1. The van der Waals surface area contributed by atoms with Crippen molar-refractivity contribution in [1.29, 1.82) is 0 Å². The maximum atomic E-state index is 13.6. The van der Waals surface area contributed by atoms with Crippen molar-refractivity contribution in [2.45, 2.75) is 31.4 Å². The number of aromatic nitrogens is 3. The van der Waals surface area contributed by atoms with Crippen molar-refractivity contribution in [3.8, 4) is 5.69 Å². The second-order valence-corrected chi connectivity index (χ2v) is 7.04. The number of carbonyl (C=O) groups is 1. The smallest absolute Gasteiger partial charge is 0.365 e. The van der Waals surface area contributed by atoms with Crippen LogP contribution in [-0.4, -0.2) is 20.7 Å². The third-order valence-electron chi connectivity index (χ3n) is 4.71. The molecule has 1 fully saturated rings. The third kappa shape index (κ3) is 4.13. The van der Waals surface area contributed by atoms with E-state index in [-0.39, 0.29) is 17.9 Å². The zero-order valence-electron chi connectivity index (χ0n) is 15.1. The maximum Gasteiger partial charge on any atom is 0.416 e. The summed E-state index contributed by atoms with van der Waals surface area (Å²) in [6.07, 6.45) is 0.287. The summed E-state index contributed by atoms with van der Waals surface area (Å²) in [5.74, 6) is -1.31. The van der Waals surface area contributed by atoms with Crippen molar-refractivity contribution < 1.29 is 22.4 Å². The zero-order chi connectivity index (χ0) is 20.8. The Morgan fingerprint density at radius 1 is 1.21 bits per heavy atom. The van der Waals surface area contributed by atoms with Gasteiger partial charge in [-0.1, -0.05) is 0 Å². The lowest BCUT2D eigenvalue weighted by Crippen LogP contribution is -2.12. The summed E-state index contributed by atoms with van der Waals surface area (Å²) in [4.78, 5) is 15.8. The molecule has 0 bridgehead atoms. The van der Waals surface area contributed by atoms with Crippen molar-refractivity contribution >= 4 is 5.91 Å². The Balaban J connectivity index is 1.64. The van der Waals surface area contributed by atoms with E-state index in [9.17, 15) is 22.4 Å². The fraction of sp³-hybridized carbons (Fsp3) is 0.250. The molecule has 2 aromatic heterocycles. The largest absolute Gasteiger partial charge is 0.416 e. The summed E-state index contributed by atoms with van der Waals surface area (Å²) in [6.45, 7) is 0. The van der Waals surface area contributed by atoms with E-state index >= 15 is 0 Å². The average Bonchev–Trinajstić information content (AvgIpc) is 3.38. The minimum absolute atomic E-state index is 0.00804. The van der Waals surface area contributed by atoms with Gasteiger partial charge in [-0.2, -0.15) is 18.3 Å². The number of halogens is 4. The van der Waals surface area contributed by atoms with E-state index < -0.39 is 23.5 Å². The predicted molar refractivity (Wildman–Crippen MR) is 96.1 cm³/mol. The van der Waals surface area contributed by atoms with E-state index in [0.29, 0.717) is 28.7 Å². The van der Waals surface area contributed by atoms with Gasteiger partial charge >= 0.3 is 6.18 Å². The molecule has 4 rings (SSSR count). The lowest BCUT2D eigenvalue weighted by Gasteiger charge is -2.10. The van der Waals surface area contributed by atoms with Crippen LogP contribution < -0.4 is 5.73 Å². The second-order valence-electron chi connectivity index (χ2n) is 7.04. The number of amides is 1. The van der Waals surface area contributed by atoms with Gasteiger partial charge in [-0.15, -0.1) is 0 Å². The molecule has 1 aliphatic rings. The topological polar surface area (TPSA) is 73.8 Å². The van der Waals surface area contributed by atoms with Gasteiger partial charge in [0, 0.05) is 30.4 Å². The summed E-state index contributed by atoms with van der Waals surface area (Å²) in [6, 6.07) is 5.70. The first kappa shape index (κ1) is 19.1. The molecule has 3 aromatic rings. The fourth-order valence-corrected chi connectivity index (χ4v) is 3.20. The normalized spacial score (nSPS) is 14.2. The molecule has 0 radical (unpaired) electrons. The van der Waals surface area contributed by atoms with Gasteiger partial charge < -0.3 is 5.73 Å². The highest BCUT2D eigenvalue weighted by atomic mass is 19.4. The first-order valence-electron chi connectivity index (χ1n) is 8.92. The Morgan fingerprint density at radius 3 is 2.62 bits per heavy atom. The first-order chi connectivity index (χ1) is 13.7. The lowest BCUT2D eigenvalue weighted by atomic mass is 10.0. The Hall–Kier alpha value is -3.23. The number of hydrogen-bond donors (Lipinski definition) is 1. The summed E-state index contributed by atoms with van der Waals surface area (Å²) in [5, 5.41) is 4.45. The van der Waals surface area contributed by atoms with E-state index in [4.69, 9.17) is 5.73 Å². The molecular weight excluding hydrogens is 388 g/mol. The standard InChI is InChI=1S/C20H16F4N4O/c21-14-6-11(5-13(8-14)20(22,23)24)7-15-9-16(3-4-26-15)28-10-17(19(25)29)18(27-28)12-1-2-12/h3-6,8-10,12H,1-2,7H2,(H2,25,29). The molecule has 29 heavy (non-hydrogen) atoms. The highest BCUT2D eigenvalue weighted by Crippen LogP contribution is 2.41. The van der Waals surface area contributed by atoms with E-state index in [0.717, 1.165) is 25.0 Å². The van der Waals surface area contributed by atoms with Gasteiger partial charge in [-0.05, 0) is 48.7 Å². The number of alkyl halides is 3. The number of hydrogen-bond acceptors (Lipinski definition) is 3. The number of benzene rings is 1. The second kappa shape index (κ2) is 6.98. The van der Waals surface area contributed by atoms with E-state index in [1.807, 2.05) is 0 Å². The van der Waals surface area contributed by atoms with E-state index in [1.165, 1.54) is 10.9 Å². The molecule has 1 amide bonds. The molecule has 1 saturated carbocycles. The Kier molecular flexibility index (Phi) is 4.60. The minimum Gasteiger partial charge on any atom is -0.365 e. The monoisotopic (exact) mass is 404 g/mol. The number of carbonyl (C=O) groups excluding carboxylic acids is 1. The average molecular weight is 404 g/mol. The van der Waals surface area contributed by atoms with Crippen LogP contribution in [0.3, 0.4) is 0 Å². The lowest BCUT2D eigenvalue weighted by molar-refractivity contribution is -0.137. The van der Waals surface area contributed by atoms with Crippen LogP contribution in [0, 0.1) is 5.82 Å². The number of nitrogens with zero attached hydrogens (tertiary/aromatic N) is 3. The summed E-state index contributed by atoms with van der Waals surface area (Å²) >= 11 is 0. The summed E-state index contributed by atoms with van der Waals surface area (Å²) in [5.41, 5.74) is 6.56. The van der Waals surface area contributed by atoms with Crippen LogP contribution >= 0.6 is 0 Å². The molecule has 2 heterocycles. The molecule has 9 heteroatoms. The van der Waals surface area contributed by atoms with Crippen molar-refractivity contribution in [2.24, 2.45) is 5.73 Å². The van der Waals surface area contributed by atoms with E-state index in [2.05, 4.69) is 10.1 Å².